The summed E-state index contributed by atoms with van der Waals surface area (Å²) in [6.45, 7) is 3.39. The van der Waals surface area contributed by atoms with Gasteiger partial charge in [-0.25, -0.2) is 0 Å². The van der Waals surface area contributed by atoms with E-state index in [9.17, 15) is 4.79 Å². The molecule has 3 nitrogen and oxygen atoms in total. The molecule has 0 radical (unpaired) electrons. The number of carbonyl (C=O) groups is 1. The van der Waals surface area contributed by atoms with Crippen LogP contribution < -0.4 is 5.32 Å². The molecule has 0 bridgehead atoms. The number of nitrogens with one attached hydrogen (secondary N) is 1. The molecule has 1 N–H and O–H groups in total. The maximum absolute atomic E-state index is 10.3. The van der Waals surface area contributed by atoms with Gasteiger partial charge in [0.15, 0.2) is 0 Å². The van der Waals surface area contributed by atoms with E-state index in [4.69, 9.17) is 4.74 Å². The van der Waals surface area contributed by atoms with Gasteiger partial charge in [0.05, 0.1) is 12.6 Å². The van der Waals surface area contributed by atoms with Crippen LogP contribution in [0.3, 0.4) is 0 Å². The first-order valence-electron chi connectivity index (χ1n) is 3.52. The van der Waals surface area contributed by atoms with Crippen molar-refractivity contribution in [2.75, 3.05) is 20.3 Å². The molecule has 10 heavy (non-hydrogen) atoms. The highest BCUT2D eigenvalue weighted by Crippen LogP contribution is 1.80. The Balaban J connectivity index is 3.29. The molecule has 0 aliphatic heterocycles. The summed E-state index contributed by atoms with van der Waals surface area (Å²) in [4.78, 5) is 10.3. The summed E-state index contributed by atoms with van der Waals surface area (Å²) < 4.78 is 4.80. The minimum absolute atomic E-state index is 0.134. The minimum atomic E-state index is -0.134. The zero-order chi connectivity index (χ0) is 7.82. The normalized spacial score (nSPS) is 13.0. The number of hydrogen-bond acceptors (Lipinski definition) is 3. The second kappa shape index (κ2) is 6.71. The smallest absolute Gasteiger partial charge is 0.139 e. The molecule has 1 unspecified atom stereocenters. The molecule has 0 spiro atoms. The first-order valence-corrected chi connectivity index (χ1v) is 3.52. The average Bonchev–Trinajstić information content (AvgIpc) is 1.98. The summed E-state index contributed by atoms with van der Waals surface area (Å²) in [6, 6.07) is -0.134. The summed E-state index contributed by atoms with van der Waals surface area (Å²) in [5.74, 6) is 0. The predicted molar refractivity (Wildman–Crippen MR) is 40.0 cm³/mol. The molecule has 0 aromatic carbocycles. The van der Waals surface area contributed by atoms with Crippen LogP contribution in [0.1, 0.15) is 13.3 Å². The van der Waals surface area contributed by atoms with E-state index in [2.05, 4.69) is 12.2 Å². The van der Waals surface area contributed by atoms with Gasteiger partial charge in [0.2, 0.25) is 0 Å². The van der Waals surface area contributed by atoms with Crippen LogP contribution in [0.15, 0.2) is 0 Å². The highest BCUT2D eigenvalue weighted by molar-refractivity contribution is 5.57. The topological polar surface area (TPSA) is 38.3 Å². The van der Waals surface area contributed by atoms with E-state index in [0.717, 1.165) is 19.3 Å². The molecule has 0 amide bonds. The standard InChI is InChI=1S/C7H15NO2/c1-3-4-8-7(5-9)6-10-2/h5,7-8H,3-4,6H2,1-2H3. The van der Waals surface area contributed by atoms with Crippen LogP contribution in [0.4, 0.5) is 0 Å². The van der Waals surface area contributed by atoms with Gasteiger partial charge in [-0.05, 0) is 13.0 Å². The van der Waals surface area contributed by atoms with E-state index in [1.165, 1.54) is 0 Å². The maximum atomic E-state index is 10.3. The van der Waals surface area contributed by atoms with Crippen molar-refractivity contribution in [2.45, 2.75) is 19.4 Å². The first kappa shape index (κ1) is 9.59. The molecule has 0 rings (SSSR count). The summed E-state index contributed by atoms with van der Waals surface area (Å²) in [5.41, 5.74) is 0. The zero-order valence-electron chi connectivity index (χ0n) is 6.59. The molecule has 60 valence electrons. The molecular weight excluding hydrogens is 130 g/mol. The fourth-order valence-corrected chi connectivity index (χ4v) is 0.656. The molecule has 0 aromatic heterocycles. The van der Waals surface area contributed by atoms with E-state index in [0.29, 0.717) is 6.61 Å². The van der Waals surface area contributed by atoms with Crippen LogP contribution in [0.25, 0.3) is 0 Å². The fourth-order valence-electron chi connectivity index (χ4n) is 0.656. The number of carbonyl (C=O) groups excluding carboxylic acids is 1. The van der Waals surface area contributed by atoms with Crippen molar-refractivity contribution in [3.05, 3.63) is 0 Å². The Morgan fingerprint density at radius 2 is 2.40 bits per heavy atom. The SMILES string of the molecule is CCCNC(C=O)COC. The molecule has 0 fully saturated rings. The van der Waals surface area contributed by atoms with Crippen LogP contribution in [0.2, 0.25) is 0 Å². The number of rotatable bonds is 6. The second-order valence-corrected chi connectivity index (χ2v) is 2.15. The highest BCUT2D eigenvalue weighted by Gasteiger charge is 2.02. The van der Waals surface area contributed by atoms with Crippen LogP contribution in [0.5, 0.6) is 0 Å². The molecule has 0 aromatic rings. The molecule has 0 aliphatic rings. The van der Waals surface area contributed by atoms with Crippen LogP contribution in [-0.4, -0.2) is 32.6 Å². The lowest BCUT2D eigenvalue weighted by Crippen LogP contribution is -2.34. The van der Waals surface area contributed by atoms with Crippen molar-refractivity contribution in [3.8, 4) is 0 Å². The number of hydrogen-bond donors (Lipinski definition) is 1. The Kier molecular flexibility index (Phi) is 6.43. The maximum Gasteiger partial charge on any atom is 0.139 e. The van der Waals surface area contributed by atoms with E-state index in [-0.39, 0.29) is 6.04 Å². The molecule has 0 saturated heterocycles. The minimum Gasteiger partial charge on any atom is -0.383 e. The monoisotopic (exact) mass is 145 g/mol. The quantitative estimate of drug-likeness (QED) is 0.543. The van der Waals surface area contributed by atoms with Crippen molar-refractivity contribution in [2.24, 2.45) is 0 Å². The van der Waals surface area contributed by atoms with Crippen molar-refractivity contribution >= 4 is 6.29 Å². The average molecular weight is 145 g/mol. The lowest BCUT2D eigenvalue weighted by atomic mass is 10.3. The predicted octanol–water partition coefficient (Wildman–Crippen LogP) is 0.200. The van der Waals surface area contributed by atoms with Crippen LogP contribution in [0, 0.1) is 0 Å². The first-order chi connectivity index (χ1) is 4.85. The van der Waals surface area contributed by atoms with Gasteiger partial charge in [0, 0.05) is 7.11 Å². The van der Waals surface area contributed by atoms with Gasteiger partial charge >= 0.3 is 0 Å². The van der Waals surface area contributed by atoms with E-state index in [1.54, 1.807) is 7.11 Å². The van der Waals surface area contributed by atoms with Crippen LogP contribution >= 0.6 is 0 Å². The van der Waals surface area contributed by atoms with Gasteiger partial charge in [0.1, 0.15) is 6.29 Å². The van der Waals surface area contributed by atoms with E-state index in [1.807, 2.05) is 0 Å². The number of aldehydes is 1. The Hall–Kier alpha value is -0.410. The van der Waals surface area contributed by atoms with Gasteiger partial charge < -0.3 is 14.8 Å². The molecule has 3 heteroatoms. The van der Waals surface area contributed by atoms with E-state index < -0.39 is 0 Å². The van der Waals surface area contributed by atoms with Crippen molar-refractivity contribution in [3.63, 3.8) is 0 Å². The summed E-state index contributed by atoms with van der Waals surface area (Å²) in [7, 11) is 1.59. The Morgan fingerprint density at radius 1 is 1.70 bits per heavy atom. The third kappa shape index (κ3) is 4.47. The van der Waals surface area contributed by atoms with Gasteiger partial charge in [0.25, 0.3) is 0 Å². The molecule has 0 heterocycles. The van der Waals surface area contributed by atoms with Crippen molar-refractivity contribution in [1.29, 1.82) is 0 Å². The molecule has 0 aliphatic carbocycles. The largest absolute Gasteiger partial charge is 0.383 e. The summed E-state index contributed by atoms with van der Waals surface area (Å²) in [5, 5.41) is 3.03. The van der Waals surface area contributed by atoms with Crippen molar-refractivity contribution < 1.29 is 9.53 Å². The van der Waals surface area contributed by atoms with Gasteiger partial charge in [-0.15, -0.1) is 0 Å². The number of methoxy groups -OCH3 is 1. The fraction of sp³-hybridized carbons (Fsp3) is 0.857. The highest BCUT2D eigenvalue weighted by atomic mass is 16.5. The Bertz CT molecular complexity index is 85.7. The second-order valence-electron chi connectivity index (χ2n) is 2.15. The van der Waals surface area contributed by atoms with Crippen LogP contribution in [-0.2, 0) is 9.53 Å². The summed E-state index contributed by atoms with van der Waals surface area (Å²) in [6.07, 6.45) is 1.91. The third-order valence-corrected chi connectivity index (χ3v) is 1.17. The lowest BCUT2D eigenvalue weighted by molar-refractivity contribution is -0.110. The molecule has 0 saturated carbocycles. The Labute approximate surface area is 61.8 Å². The Morgan fingerprint density at radius 3 is 2.80 bits per heavy atom. The third-order valence-electron chi connectivity index (χ3n) is 1.17. The number of ether oxygens (including phenoxy) is 1. The summed E-state index contributed by atoms with van der Waals surface area (Å²) >= 11 is 0. The van der Waals surface area contributed by atoms with Gasteiger partial charge in [-0.1, -0.05) is 6.92 Å². The van der Waals surface area contributed by atoms with Gasteiger partial charge in [-0.3, -0.25) is 0 Å². The molecule has 1 atom stereocenters. The van der Waals surface area contributed by atoms with Gasteiger partial charge in [-0.2, -0.15) is 0 Å². The zero-order valence-corrected chi connectivity index (χ0v) is 6.59. The van der Waals surface area contributed by atoms with E-state index >= 15 is 0 Å². The molecular formula is C7H15NO2. The van der Waals surface area contributed by atoms with Crippen molar-refractivity contribution in [1.82, 2.24) is 5.32 Å². The lowest BCUT2D eigenvalue weighted by Gasteiger charge is -2.09.